The number of halogens is 2. The van der Waals surface area contributed by atoms with E-state index in [0.717, 1.165) is 22.3 Å². The third-order valence-corrected chi connectivity index (χ3v) is 8.01. The first-order chi connectivity index (χ1) is 20.5. The minimum Gasteiger partial charge on any atom is -0.383 e. The van der Waals surface area contributed by atoms with E-state index in [1.807, 2.05) is 36.0 Å². The molecule has 0 unspecified atom stereocenters. The molecule has 0 saturated heterocycles. The van der Waals surface area contributed by atoms with Crippen molar-refractivity contribution in [2.45, 2.75) is 51.6 Å². The Bertz CT molecular complexity index is 1830. The molecule has 4 heterocycles. The van der Waals surface area contributed by atoms with Crippen molar-refractivity contribution in [1.29, 1.82) is 5.26 Å². The number of alkyl halides is 2. The van der Waals surface area contributed by atoms with Crippen LogP contribution in [-0.2, 0) is 7.05 Å². The molecule has 0 amide bonds. The third-order valence-electron chi connectivity index (χ3n) is 8.01. The number of anilines is 2. The van der Waals surface area contributed by atoms with Crippen molar-refractivity contribution in [3.8, 4) is 18.4 Å². The molecular weight excluding hydrogens is 548 g/mol. The fourth-order valence-corrected chi connectivity index (χ4v) is 5.46. The maximum absolute atomic E-state index is 14.0. The van der Waals surface area contributed by atoms with Gasteiger partial charge in [-0.2, -0.15) is 5.26 Å². The van der Waals surface area contributed by atoms with Crippen molar-refractivity contribution in [2.75, 3.05) is 17.2 Å². The van der Waals surface area contributed by atoms with Crippen molar-refractivity contribution < 1.29 is 8.78 Å². The van der Waals surface area contributed by atoms with Crippen LogP contribution >= 0.6 is 0 Å². The van der Waals surface area contributed by atoms with E-state index >= 15 is 0 Å². The van der Waals surface area contributed by atoms with Crippen molar-refractivity contribution in [3.05, 3.63) is 71.4 Å². The number of fused-ring (bicyclic) bond motifs is 2. The number of aromatic nitrogens is 3. The summed E-state index contributed by atoms with van der Waals surface area (Å²) in [6.07, 6.45) is 11.1. The lowest BCUT2D eigenvalue weighted by atomic mass is 9.96. The molecule has 6 rings (SSSR count). The SMILES string of the molecule is C#Cc1cnc2c(C#N)cc(N[C@H](C3=CN(C4(C(F)F)CC4)NN3)c3ccnc4c3ccn4C)cc2c1NCC(C)(C)C. The monoisotopic (exact) mass is 581 g/mol. The highest BCUT2D eigenvalue weighted by atomic mass is 19.3. The van der Waals surface area contributed by atoms with E-state index in [0.29, 0.717) is 52.8 Å². The molecule has 1 atom stereocenters. The number of hydrogen-bond acceptors (Lipinski definition) is 8. The second-order valence-corrected chi connectivity index (χ2v) is 12.4. The van der Waals surface area contributed by atoms with E-state index in [2.05, 4.69) is 64.3 Å². The summed E-state index contributed by atoms with van der Waals surface area (Å²) >= 11 is 0. The Morgan fingerprint density at radius 3 is 2.63 bits per heavy atom. The number of terminal acetylenes is 1. The fraction of sp³-hybridized carbons (Fsp3) is 0.344. The van der Waals surface area contributed by atoms with E-state index in [-0.39, 0.29) is 5.41 Å². The first-order valence-electron chi connectivity index (χ1n) is 14.1. The van der Waals surface area contributed by atoms with E-state index in [1.54, 1.807) is 24.7 Å². The van der Waals surface area contributed by atoms with E-state index in [4.69, 9.17) is 6.42 Å². The van der Waals surface area contributed by atoms with Crippen molar-refractivity contribution in [2.24, 2.45) is 12.5 Å². The number of aryl methyl sites for hydroxylation is 1. The summed E-state index contributed by atoms with van der Waals surface area (Å²) in [6.45, 7) is 7.01. The zero-order valence-corrected chi connectivity index (χ0v) is 24.5. The number of nitrogens with one attached hydrogen (secondary N) is 4. The summed E-state index contributed by atoms with van der Waals surface area (Å²) in [7, 11) is 1.92. The number of benzene rings is 1. The Balaban J connectivity index is 1.48. The highest BCUT2D eigenvalue weighted by molar-refractivity contribution is 5.99. The van der Waals surface area contributed by atoms with Gasteiger partial charge in [-0.25, -0.2) is 13.8 Å². The number of pyridine rings is 2. The number of nitrogens with zero attached hydrogens (tertiary/aromatic N) is 5. The third kappa shape index (κ3) is 5.06. The molecule has 9 nitrogen and oxygen atoms in total. The largest absolute Gasteiger partial charge is 0.383 e. The quantitative estimate of drug-likeness (QED) is 0.201. The molecule has 0 spiro atoms. The molecule has 0 bridgehead atoms. The molecular formula is C32H33F2N9. The zero-order valence-electron chi connectivity index (χ0n) is 24.5. The van der Waals surface area contributed by atoms with Crippen LogP contribution in [-0.4, -0.2) is 38.1 Å². The standard InChI is InChI=1S/C32H33F2N9/c1-6-19-16-37-27-20(15-35)13-21(14-24(27)26(19)38-18-31(2,3)4)39-28(22-7-11-36-29-23(22)8-12-42(29)5)25-17-43(41-40-25)32(9-10-32)30(33)34/h1,7-8,11-14,16-17,28,30,39-41H,9-10,18H2,2-5H3,(H,37,38)/t28-/m0/s1. The summed E-state index contributed by atoms with van der Waals surface area (Å²) in [5.41, 5.74) is 9.99. The van der Waals surface area contributed by atoms with Gasteiger partial charge in [0.25, 0.3) is 6.43 Å². The van der Waals surface area contributed by atoms with Crippen LogP contribution in [0.5, 0.6) is 0 Å². The molecule has 43 heavy (non-hydrogen) atoms. The van der Waals surface area contributed by atoms with Gasteiger partial charge in [0.05, 0.1) is 34.1 Å². The van der Waals surface area contributed by atoms with Gasteiger partial charge in [-0.1, -0.05) is 26.7 Å². The Morgan fingerprint density at radius 2 is 1.95 bits per heavy atom. The molecule has 3 aromatic heterocycles. The van der Waals surface area contributed by atoms with Gasteiger partial charge in [0.1, 0.15) is 17.3 Å². The molecule has 1 aliphatic carbocycles. The fourth-order valence-electron chi connectivity index (χ4n) is 5.46. The highest BCUT2D eigenvalue weighted by Gasteiger charge is 2.56. The minimum atomic E-state index is -2.50. The average molecular weight is 582 g/mol. The molecule has 1 fully saturated rings. The summed E-state index contributed by atoms with van der Waals surface area (Å²) in [5, 5.41) is 20.3. The van der Waals surface area contributed by atoms with Crippen LogP contribution in [0.3, 0.4) is 0 Å². The summed E-state index contributed by atoms with van der Waals surface area (Å²) in [5.74, 6) is 2.72. The van der Waals surface area contributed by atoms with Gasteiger partial charge in [0.15, 0.2) is 0 Å². The van der Waals surface area contributed by atoms with Gasteiger partial charge < -0.3 is 20.6 Å². The lowest BCUT2D eigenvalue weighted by Crippen LogP contribution is -2.48. The molecule has 1 aliphatic heterocycles. The molecule has 220 valence electrons. The number of nitriles is 1. The summed E-state index contributed by atoms with van der Waals surface area (Å²) in [4.78, 5) is 9.07. The highest BCUT2D eigenvalue weighted by Crippen LogP contribution is 2.47. The molecule has 11 heteroatoms. The van der Waals surface area contributed by atoms with Crippen LogP contribution in [0, 0.1) is 29.1 Å². The number of hydrogen-bond donors (Lipinski definition) is 4. The molecule has 1 saturated carbocycles. The zero-order chi connectivity index (χ0) is 30.5. The van der Waals surface area contributed by atoms with Gasteiger partial charge in [-0.3, -0.25) is 9.99 Å². The van der Waals surface area contributed by atoms with E-state index in [1.165, 1.54) is 5.01 Å². The predicted molar refractivity (Wildman–Crippen MR) is 164 cm³/mol. The maximum Gasteiger partial charge on any atom is 0.262 e. The smallest absolute Gasteiger partial charge is 0.262 e. The Kier molecular flexibility index (Phi) is 6.86. The number of rotatable bonds is 8. The van der Waals surface area contributed by atoms with Gasteiger partial charge in [-0.15, -0.1) is 12.0 Å². The molecule has 2 aliphatic rings. The lowest BCUT2D eigenvalue weighted by molar-refractivity contribution is 0.00911. The topological polar surface area (TPSA) is 106 Å². The predicted octanol–water partition coefficient (Wildman–Crippen LogP) is 5.55. The van der Waals surface area contributed by atoms with E-state index in [9.17, 15) is 14.0 Å². The second kappa shape index (κ2) is 10.4. The van der Waals surface area contributed by atoms with Gasteiger partial charge >= 0.3 is 0 Å². The van der Waals surface area contributed by atoms with Crippen molar-refractivity contribution in [3.63, 3.8) is 0 Å². The Labute approximate surface area is 248 Å². The van der Waals surface area contributed by atoms with Crippen LogP contribution < -0.4 is 21.6 Å². The van der Waals surface area contributed by atoms with Crippen molar-refractivity contribution in [1.82, 2.24) is 30.5 Å². The normalized spacial score (nSPS) is 16.5. The van der Waals surface area contributed by atoms with Crippen LogP contribution in [0.25, 0.3) is 21.9 Å². The molecule has 4 aromatic rings. The Hall–Kier alpha value is -4.87. The van der Waals surface area contributed by atoms with Crippen LogP contribution in [0.4, 0.5) is 20.2 Å². The lowest BCUT2D eigenvalue weighted by Gasteiger charge is -2.25. The summed E-state index contributed by atoms with van der Waals surface area (Å²) < 4.78 is 29.9. The van der Waals surface area contributed by atoms with Crippen molar-refractivity contribution >= 4 is 33.3 Å². The first-order valence-corrected chi connectivity index (χ1v) is 14.1. The van der Waals surface area contributed by atoms with Crippen LogP contribution in [0.2, 0.25) is 0 Å². The Morgan fingerprint density at radius 1 is 1.16 bits per heavy atom. The van der Waals surface area contributed by atoms with Gasteiger partial charge in [0, 0.05) is 54.8 Å². The van der Waals surface area contributed by atoms with E-state index < -0.39 is 18.0 Å². The second-order valence-electron chi connectivity index (χ2n) is 12.4. The summed E-state index contributed by atoms with van der Waals surface area (Å²) in [6, 6.07) is 9.32. The van der Waals surface area contributed by atoms with Gasteiger partial charge in [0.2, 0.25) is 0 Å². The molecule has 1 aromatic carbocycles. The van der Waals surface area contributed by atoms with Crippen LogP contribution in [0.15, 0.2) is 54.8 Å². The maximum atomic E-state index is 14.0. The number of hydrazine groups is 2. The molecule has 0 radical (unpaired) electrons. The average Bonchev–Trinajstić information content (AvgIpc) is 3.50. The molecule has 4 N–H and O–H groups in total. The van der Waals surface area contributed by atoms with Gasteiger partial charge in [-0.05, 0) is 48.1 Å². The van der Waals surface area contributed by atoms with Crippen LogP contribution in [0.1, 0.15) is 56.3 Å². The first kappa shape index (κ1) is 28.3. The minimum absolute atomic E-state index is 0.0283.